The number of sulfonamides is 1. The highest BCUT2D eigenvalue weighted by Crippen LogP contribution is 2.28. The van der Waals surface area contributed by atoms with Crippen LogP contribution in [0.15, 0.2) is 66.7 Å². The largest absolute Gasteiger partial charge is 0.354 e. The van der Waals surface area contributed by atoms with E-state index >= 15 is 0 Å². The Balaban J connectivity index is 2.10. The zero-order valence-electron chi connectivity index (χ0n) is 23.4. The van der Waals surface area contributed by atoms with E-state index < -0.39 is 28.5 Å². The molecule has 0 saturated carbocycles. The van der Waals surface area contributed by atoms with Gasteiger partial charge in [-0.05, 0) is 53.8 Å². The monoisotopic (exact) mass is 637 g/mol. The Bertz CT molecular complexity index is 1480. The molecule has 0 unspecified atom stereocenters. The summed E-state index contributed by atoms with van der Waals surface area (Å²) in [5.41, 5.74) is 2.30. The van der Waals surface area contributed by atoms with Crippen molar-refractivity contribution in [3.63, 3.8) is 0 Å². The maximum Gasteiger partial charge on any atom is 0.244 e. The topological polar surface area (TPSA) is 86.8 Å². The molecule has 0 aromatic heterocycles. The van der Waals surface area contributed by atoms with Gasteiger partial charge in [-0.2, -0.15) is 0 Å². The summed E-state index contributed by atoms with van der Waals surface area (Å²) < 4.78 is 27.0. The number of carbonyl (C=O) groups is 2. The predicted octanol–water partition coefficient (Wildman–Crippen LogP) is 6.13. The van der Waals surface area contributed by atoms with E-state index in [4.69, 9.17) is 34.8 Å². The normalized spacial score (nSPS) is 12.2. The standard InChI is InChI=1S/C30H34Cl3N3O4S/c1-20(2)17-34-30(38)28(14-22-8-6-5-7-9-22)35(18-23-11-13-24(31)15-26(23)33)29(37)19-36(41(4,39)40)27-16-25(32)12-10-21(27)3/h5-13,15-16,20,28H,14,17-19H2,1-4H3,(H,34,38)/t28-/m0/s1. The van der Waals surface area contributed by atoms with Crippen LogP contribution in [0.1, 0.15) is 30.5 Å². The number of rotatable bonds is 12. The SMILES string of the molecule is Cc1ccc(Cl)cc1N(CC(=O)N(Cc1ccc(Cl)cc1Cl)[C@@H](Cc1ccccc1)C(=O)NCC(C)C)S(C)(=O)=O. The van der Waals surface area contributed by atoms with Gasteiger partial charge >= 0.3 is 0 Å². The van der Waals surface area contributed by atoms with Gasteiger partial charge in [0.15, 0.2) is 0 Å². The molecule has 2 amide bonds. The summed E-state index contributed by atoms with van der Waals surface area (Å²) in [5.74, 6) is -0.759. The predicted molar refractivity (Wildman–Crippen MR) is 167 cm³/mol. The Kier molecular flexibility index (Phi) is 11.5. The number of anilines is 1. The van der Waals surface area contributed by atoms with Gasteiger partial charge in [-0.3, -0.25) is 13.9 Å². The Labute approximate surface area is 257 Å². The highest BCUT2D eigenvalue weighted by Gasteiger charge is 2.33. The number of nitrogens with zero attached hydrogens (tertiary/aromatic N) is 2. The van der Waals surface area contributed by atoms with Crippen LogP contribution in [-0.4, -0.2) is 50.5 Å². The van der Waals surface area contributed by atoms with Crippen molar-refractivity contribution in [2.45, 2.75) is 39.8 Å². The Morgan fingerprint density at radius 3 is 2.17 bits per heavy atom. The average Bonchev–Trinajstić information content (AvgIpc) is 2.90. The van der Waals surface area contributed by atoms with Crippen LogP contribution < -0.4 is 9.62 Å². The summed E-state index contributed by atoms with van der Waals surface area (Å²) in [4.78, 5) is 29.2. The van der Waals surface area contributed by atoms with Crippen LogP contribution in [0.3, 0.4) is 0 Å². The van der Waals surface area contributed by atoms with Crippen molar-refractivity contribution in [2.24, 2.45) is 5.92 Å². The first kappa shape index (κ1) is 32.7. The van der Waals surface area contributed by atoms with E-state index in [-0.39, 0.29) is 30.5 Å². The number of carbonyl (C=O) groups excluding carboxylic acids is 2. The third kappa shape index (κ3) is 9.36. The molecule has 41 heavy (non-hydrogen) atoms. The zero-order valence-corrected chi connectivity index (χ0v) is 26.5. The molecule has 1 atom stereocenters. The van der Waals surface area contributed by atoms with Crippen molar-refractivity contribution in [3.8, 4) is 0 Å². The van der Waals surface area contributed by atoms with Crippen LogP contribution in [0.2, 0.25) is 15.1 Å². The Morgan fingerprint density at radius 1 is 0.927 bits per heavy atom. The van der Waals surface area contributed by atoms with E-state index in [0.717, 1.165) is 16.1 Å². The molecule has 0 heterocycles. The minimum absolute atomic E-state index is 0.0481. The number of hydrogen-bond donors (Lipinski definition) is 1. The molecule has 1 N–H and O–H groups in total. The summed E-state index contributed by atoms with van der Waals surface area (Å²) in [5, 5.41) is 4.01. The molecule has 0 bridgehead atoms. The van der Waals surface area contributed by atoms with E-state index in [1.54, 1.807) is 37.3 Å². The fourth-order valence-electron chi connectivity index (χ4n) is 4.26. The van der Waals surface area contributed by atoms with Gasteiger partial charge in [0.05, 0.1) is 11.9 Å². The summed E-state index contributed by atoms with van der Waals surface area (Å²) in [7, 11) is -3.92. The van der Waals surface area contributed by atoms with Crippen LogP contribution in [0, 0.1) is 12.8 Å². The second kappa shape index (κ2) is 14.4. The highest BCUT2D eigenvalue weighted by molar-refractivity contribution is 7.92. The van der Waals surface area contributed by atoms with Gasteiger partial charge < -0.3 is 10.2 Å². The van der Waals surface area contributed by atoms with Crippen molar-refractivity contribution in [1.82, 2.24) is 10.2 Å². The molecule has 0 aliphatic heterocycles. The van der Waals surface area contributed by atoms with Gasteiger partial charge in [-0.15, -0.1) is 0 Å². The summed E-state index contributed by atoms with van der Waals surface area (Å²) in [6.45, 7) is 5.49. The lowest BCUT2D eigenvalue weighted by molar-refractivity contribution is -0.140. The molecule has 220 valence electrons. The van der Waals surface area contributed by atoms with E-state index in [1.807, 2.05) is 44.2 Å². The molecule has 0 aliphatic carbocycles. The maximum absolute atomic E-state index is 14.2. The van der Waals surface area contributed by atoms with Crippen LogP contribution in [0.4, 0.5) is 5.69 Å². The molecule has 3 rings (SSSR count). The number of aryl methyl sites for hydroxylation is 1. The minimum atomic E-state index is -3.92. The molecular formula is C30H34Cl3N3O4S. The number of amides is 2. The van der Waals surface area contributed by atoms with Crippen molar-refractivity contribution in [2.75, 3.05) is 23.7 Å². The summed E-state index contributed by atoms with van der Waals surface area (Å²) in [6, 6.07) is 18.1. The highest BCUT2D eigenvalue weighted by atomic mass is 35.5. The van der Waals surface area contributed by atoms with Crippen LogP contribution in [0.25, 0.3) is 0 Å². The fraction of sp³-hybridized carbons (Fsp3) is 0.333. The average molecular weight is 639 g/mol. The number of hydrogen-bond acceptors (Lipinski definition) is 4. The van der Waals surface area contributed by atoms with E-state index in [1.165, 1.54) is 11.0 Å². The van der Waals surface area contributed by atoms with Gasteiger partial charge in [0.2, 0.25) is 21.8 Å². The van der Waals surface area contributed by atoms with E-state index in [9.17, 15) is 18.0 Å². The molecular weight excluding hydrogens is 605 g/mol. The molecule has 0 fully saturated rings. The Hall–Kier alpha value is -2.78. The number of benzene rings is 3. The molecule has 0 aliphatic rings. The lowest BCUT2D eigenvalue weighted by Crippen LogP contribution is -2.53. The molecule has 0 radical (unpaired) electrons. The smallest absolute Gasteiger partial charge is 0.244 e. The lowest BCUT2D eigenvalue weighted by atomic mass is 10.0. The third-order valence-corrected chi connectivity index (χ3v) is 8.38. The molecule has 3 aromatic rings. The second-order valence-corrected chi connectivity index (χ2v) is 13.5. The fourth-order valence-corrected chi connectivity index (χ4v) is 5.79. The first-order valence-corrected chi connectivity index (χ1v) is 16.0. The van der Waals surface area contributed by atoms with Crippen molar-refractivity contribution >= 4 is 62.3 Å². The van der Waals surface area contributed by atoms with Crippen LogP contribution >= 0.6 is 34.8 Å². The van der Waals surface area contributed by atoms with Gasteiger partial charge in [0.25, 0.3) is 0 Å². The van der Waals surface area contributed by atoms with Crippen molar-refractivity contribution in [1.29, 1.82) is 0 Å². The molecule has 0 spiro atoms. The quantitative estimate of drug-likeness (QED) is 0.259. The Morgan fingerprint density at radius 2 is 1.56 bits per heavy atom. The van der Waals surface area contributed by atoms with Crippen LogP contribution in [0.5, 0.6) is 0 Å². The van der Waals surface area contributed by atoms with Gasteiger partial charge in [-0.25, -0.2) is 8.42 Å². The van der Waals surface area contributed by atoms with E-state index in [2.05, 4.69) is 5.32 Å². The van der Waals surface area contributed by atoms with Gasteiger partial charge in [0.1, 0.15) is 12.6 Å². The summed E-state index contributed by atoms with van der Waals surface area (Å²) >= 11 is 18.8. The minimum Gasteiger partial charge on any atom is -0.354 e. The number of halogens is 3. The van der Waals surface area contributed by atoms with Gasteiger partial charge in [-0.1, -0.05) is 91.1 Å². The van der Waals surface area contributed by atoms with Crippen molar-refractivity contribution < 1.29 is 18.0 Å². The molecule has 7 nitrogen and oxygen atoms in total. The molecule has 11 heteroatoms. The zero-order chi connectivity index (χ0) is 30.3. The molecule has 3 aromatic carbocycles. The molecule has 0 saturated heterocycles. The lowest BCUT2D eigenvalue weighted by Gasteiger charge is -2.34. The first-order valence-electron chi connectivity index (χ1n) is 13.0. The summed E-state index contributed by atoms with van der Waals surface area (Å²) in [6.07, 6.45) is 1.23. The van der Waals surface area contributed by atoms with Crippen LogP contribution in [-0.2, 0) is 32.6 Å². The van der Waals surface area contributed by atoms with Gasteiger partial charge in [0, 0.05) is 34.6 Å². The maximum atomic E-state index is 14.2. The third-order valence-electron chi connectivity index (χ3n) is 6.43. The van der Waals surface area contributed by atoms with Crippen molar-refractivity contribution in [3.05, 3.63) is 98.5 Å². The first-order chi connectivity index (χ1) is 19.3. The number of nitrogens with one attached hydrogen (secondary N) is 1. The van der Waals surface area contributed by atoms with E-state index in [0.29, 0.717) is 32.7 Å². The second-order valence-electron chi connectivity index (χ2n) is 10.3.